The Morgan fingerprint density at radius 2 is 2.50 bits per heavy atom. The van der Waals surface area contributed by atoms with E-state index in [0.29, 0.717) is 24.7 Å². The zero-order valence-electron chi connectivity index (χ0n) is 8.10. The van der Waals surface area contributed by atoms with Gasteiger partial charge in [-0.25, -0.2) is 0 Å². The third-order valence-corrected chi connectivity index (χ3v) is 2.42. The highest BCUT2D eigenvalue weighted by Gasteiger charge is 2.33. The van der Waals surface area contributed by atoms with Crippen LogP contribution in [0.25, 0.3) is 0 Å². The van der Waals surface area contributed by atoms with Gasteiger partial charge in [0.2, 0.25) is 0 Å². The number of anilines is 1. The van der Waals surface area contributed by atoms with Crippen molar-refractivity contribution in [1.82, 2.24) is 4.98 Å². The second-order valence-electron chi connectivity index (χ2n) is 3.95. The number of rotatable bonds is 2. The molecule has 78 valence electrons. The van der Waals surface area contributed by atoms with Crippen LogP contribution in [0, 0.1) is 0 Å². The lowest BCUT2D eigenvalue weighted by molar-refractivity contribution is 0.0836. The molecule has 1 unspecified atom stereocenters. The minimum atomic E-state index is -0.659. The summed E-state index contributed by atoms with van der Waals surface area (Å²) in [5.74, 6) is 0. The average molecular weight is 198 g/mol. The molecule has 0 amide bonds. The smallest absolute Gasteiger partial charge is 0.297 e. The summed E-state index contributed by atoms with van der Waals surface area (Å²) in [6.45, 7) is 2.94. The van der Waals surface area contributed by atoms with E-state index in [2.05, 4.69) is 4.98 Å². The molecule has 5 nitrogen and oxygen atoms in total. The van der Waals surface area contributed by atoms with Crippen molar-refractivity contribution in [2.45, 2.75) is 25.6 Å². The van der Waals surface area contributed by atoms with E-state index in [1.165, 1.54) is 6.26 Å². The van der Waals surface area contributed by atoms with Crippen LogP contribution in [-0.4, -0.2) is 33.9 Å². The van der Waals surface area contributed by atoms with Crippen molar-refractivity contribution >= 4 is 6.01 Å². The highest BCUT2D eigenvalue weighted by molar-refractivity contribution is 5.30. The maximum atomic E-state index is 9.73. The van der Waals surface area contributed by atoms with E-state index < -0.39 is 5.60 Å². The van der Waals surface area contributed by atoms with Crippen molar-refractivity contribution in [1.29, 1.82) is 0 Å². The fourth-order valence-corrected chi connectivity index (χ4v) is 1.62. The molecule has 0 spiro atoms. The van der Waals surface area contributed by atoms with Gasteiger partial charge in [-0.2, -0.15) is 4.98 Å². The normalized spacial score (nSPS) is 27.2. The standard InChI is InChI=1S/C9H14N2O3/c1-9(13)2-3-11(6-9)8-10-7(4-12)5-14-8/h5,12-13H,2-4,6H2,1H3. The van der Waals surface area contributed by atoms with Crippen LogP contribution in [0.2, 0.25) is 0 Å². The summed E-state index contributed by atoms with van der Waals surface area (Å²) >= 11 is 0. The Morgan fingerprint density at radius 1 is 1.71 bits per heavy atom. The van der Waals surface area contributed by atoms with Gasteiger partial charge in [-0.05, 0) is 13.3 Å². The average Bonchev–Trinajstić information content (AvgIpc) is 2.70. The summed E-state index contributed by atoms with van der Waals surface area (Å²) in [6.07, 6.45) is 2.15. The molecular weight excluding hydrogens is 184 g/mol. The number of β-amino-alcohol motifs (C(OH)–C–C–N with tert-alkyl or cyclic N) is 1. The molecule has 1 atom stereocenters. The van der Waals surface area contributed by atoms with E-state index in [4.69, 9.17) is 9.52 Å². The van der Waals surface area contributed by atoms with Gasteiger partial charge < -0.3 is 19.5 Å². The van der Waals surface area contributed by atoms with Crippen LogP contribution in [0.15, 0.2) is 10.7 Å². The van der Waals surface area contributed by atoms with Crippen molar-refractivity contribution < 1.29 is 14.6 Å². The van der Waals surface area contributed by atoms with Crippen LogP contribution in [0.5, 0.6) is 0 Å². The molecule has 1 aromatic rings. The van der Waals surface area contributed by atoms with Crippen LogP contribution in [0.3, 0.4) is 0 Å². The molecule has 1 aliphatic heterocycles. The molecule has 1 fully saturated rings. The molecule has 5 heteroatoms. The largest absolute Gasteiger partial charge is 0.432 e. The maximum Gasteiger partial charge on any atom is 0.297 e. The molecule has 0 saturated carbocycles. The first-order chi connectivity index (χ1) is 6.61. The fourth-order valence-electron chi connectivity index (χ4n) is 1.62. The predicted octanol–water partition coefficient (Wildman–Crippen LogP) is 0.128. The number of aliphatic hydroxyl groups excluding tert-OH is 1. The highest BCUT2D eigenvalue weighted by Crippen LogP contribution is 2.25. The molecule has 0 radical (unpaired) electrons. The summed E-state index contributed by atoms with van der Waals surface area (Å²) < 4.78 is 5.18. The fraction of sp³-hybridized carbons (Fsp3) is 0.667. The summed E-state index contributed by atoms with van der Waals surface area (Å²) in [7, 11) is 0. The molecule has 2 N–H and O–H groups in total. The number of aliphatic hydroxyl groups is 2. The summed E-state index contributed by atoms with van der Waals surface area (Å²) in [4.78, 5) is 5.95. The Balaban J connectivity index is 2.09. The minimum absolute atomic E-state index is 0.117. The molecular formula is C9H14N2O3. The van der Waals surface area contributed by atoms with Crippen LogP contribution in [-0.2, 0) is 6.61 Å². The first-order valence-electron chi connectivity index (χ1n) is 4.63. The monoisotopic (exact) mass is 198 g/mol. The first kappa shape index (κ1) is 9.48. The lowest BCUT2D eigenvalue weighted by atomic mass is 10.1. The van der Waals surface area contributed by atoms with Crippen LogP contribution in [0.1, 0.15) is 19.0 Å². The Bertz CT molecular complexity index is 322. The third-order valence-electron chi connectivity index (χ3n) is 2.42. The third kappa shape index (κ3) is 1.73. The van der Waals surface area contributed by atoms with Gasteiger partial charge in [0.1, 0.15) is 12.0 Å². The molecule has 0 aliphatic carbocycles. The number of hydrogen-bond acceptors (Lipinski definition) is 5. The SMILES string of the molecule is CC1(O)CCN(c2nc(CO)co2)C1. The first-order valence-corrected chi connectivity index (χ1v) is 4.63. The van der Waals surface area contributed by atoms with E-state index in [-0.39, 0.29) is 6.61 Å². The molecule has 2 heterocycles. The quantitative estimate of drug-likeness (QED) is 0.706. The Morgan fingerprint density at radius 3 is 3.00 bits per heavy atom. The Kier molecular flexibility index (Phi) is 2.20. The highest BCUT2D eigenvalue weighted by atomic mass is 16.4. The van der Waals surface area contributed by atoms with Crippen molar-refractivity contribution in [2.75, 3.05) is 18.0 Å². The molecule has 0 aromatic carbocycles. The van der Waals surface area contributed by atoms with Gasteiger partial charge >= 0.3 is 0 Å². The van der Waals surface area contributed by atoms with Crippen molar-refractivity contribution in [3.8, 4) is 0 Å². The number of hydrogen-bond donors (Lipinski definition) is 2. The van der Waals surface area contributed by atoms with E-state index in [1.807, 2.05) is 4.90 Å². The maximum absolute atomic E-state index is 9.73. The van der Waals surface area contributed by atoms with Gasteiger partial charge in [0, 0.05) is 6.54 Å². The van der Waals surface area contributed by atoms with Crippen molar-refractivity contribution in [2.24, 2.45) is 0 Å². The number of aromatic nitrogens is 1. The van der Waals surface area contributed by atoms with E-state index in [9.17, 15) is 5.11 Å². The Hall–Kier alpha value is -1.07. The summed E-state index contributed by atoms with van der Waals surface area (Å²) in [5.41, 5.74) is -0.139. The number of oxazole rings is 1. The topological polar surface area (TPSA) is 69.7 Å². The molecule has 14 heavy (non-hydrogen) atoms. The zero-order valence-corrected chi connectivity index (χ0v) is 8.10. The van der Waals surface area contributed by atoms with Gasteiger partial charge in [0.05, 0.1) is 18.8 Å². The van der Waals surface area contributed by atoms with Gasteiger partial charge in [-0.1, -0.05) is 0 Å². The van der Waals surface area contributed by atoms with Gasteiger partial charge in [0.15, 0.2) is 0 Å². The molecule has 2 rings (SSSR count). The molecule has 1 saturated heterocycles. The van der Waals surface area contributed by atoms with E-state index >= 15 is 0 Å². The molecule has 1 aliphatic rings. The zero-order chi connectivity index (χ0) is 10.2. The summed E-state index contributed by atoms with van der Waals surface area (Å²) in [6, 6.07) is 0.479. The Labute approximate surface area is 82.0 Å². The lowest BCUT2D eigenvalue weighted by Gasteiger charge is -2.16. The summed E-state index contributed by atoms with van der Waals surface area (Å²) in [5, 5.41) is 18.5. The van der Waals surface area contributed by atoms with Crippen molar-refractivity contribution in [3.63, 3.8) is 0 Å². The minimum Gasteiger partial charge on any atom is -0.432 e. The van der Waals surface area contributed by atoms with Crippen LogP contribution in [0.4, 0.5) is 6.01 Å². The van der Waals surface area contributed by atoms with E-state index in [1.54, 1.807) is 6.92 Å². The van der Waals surface area contributed by atoms with Crippen LogP contribution >= 0.6 is 0 Å². The second kappa shape index (κ2) is 3.25. The predicted molar refractivity (Wildman–Crippen MR) is 49.9 cm³/mol. The lowest BCUT2D eigenvalue weighted by Crippen LogP contribution is -2.29. The number of nitrogens with zero attached hydrogens (tertiary/aromatic N) is 2. The molecule has 1 aromatic heterocycles. The second-order valence-corrected chi connectivity index (χ2v) is 3.95. The van der Waals surface area contributed by atoms with Gasteiger partial charge in [0.25, 0.3) is 6.01 Å². The van der Waals surface area contributed by atoms with Gasteiger partial charge in [-0.15, -0.1) is 0 Å². The van der Waals surface area contributed by atoms with Crippen molar-refractivity contribution in [3.05, 3.63) is 12.0 Å². The molecule has 0 bridgehead atoms. The van der Waals surface area contributed by atoms with E-state index in [0.717, 1.165) is 6.54 Å². The van der Waals surface area contributed by atoms with Crippen LogP contribution < -0.4 is 4.90 Å². The van der Waals surface area contributed by atoms with Gasteiger partial charge in [-0.3, -0.25) is 0 Å².